The van der Waals surface area contributed by atoms with Crippen LogP contribution in [0.5, 0.6) is 5.75 Å². The Labute approximate surface area is 120 Å². The van der Waals surface area contributed by atoms with Crippen LogP contribution in [-0.2, 0) is 12.8 Å². The van der Waals surface area contributed by atoms with Gasteiger partial charge in [0.15, 0.2) is 0 Å². The minimum absolute atomic E-state index is 0.187. The quantitative estimate of drug-likeness (QED) is 0.909. The minimum Gasteiger partial charge on any atom is -0.489 e. The van der Waals surface area contributed by atoms with E-state index in [1.165, 1.54) is 12.1 Å². The van der Waals surface area contributed by atoms with Gasteiger partial charge in [0, 0.05) is 0 Å². The molecule has 0 aliphatic carbocycles. The molecule has 2 aromatic rings. The van der Waals surface area contributed by atoms with Gasteiger partial charge in [-0.15, -0.1) is 0 Å². The molecule has 1 N–H and O–H groups in total. The lowest BCUT2D eigenvalue weighted by Crippen LogP contribution is -2.05. The third kappa shape index (κ3) is 4.23. The summed E-state index contributed by atoms with van der Waals surface area (Å²) in [5, 5.41) is 9.38. The van der Waals surface area contributed by atoms with Crippen molar-refractivity contribution >= 4 is 0 Å². The molecule has 0 amide bonds. The Bertz CT molecular complexity index is 572. The Balaban J connectivity index is 1.96. The summed E-state index contributed by atoms with van der Waals surface area (Å²) in [6, 6.07) is 11.8. The second-order valence-electron chi connectivity index (χ2n) is 4.73. The summed E-state index contributed by atoms with van der Waals surface area (Å²) in [6.45, 7) is 1.85. The number of benzene rings is 2. The molecule has 0 radical (unpaired) electrons. The third-order valence-corrected chi connectivity index (χ3v) is 3.05. The average Bonchev–Trinajstić information content (AvgIpc) is 2.45. The van der Waals surface area contributed by atoms with Crippen molar-refractivity contribution in [1.29, 1.82) is 0 Å². The number of hydrogen-bond acceptors (Lipinski definition) is 2. The lowest BCUT2D eigenvalue weighted by molar-refractivity contribution is -0.137. The van der Waals surface area contributed by atoms with E-state index in [2.05, 4.69) is 0 Å². The highest BCUT2D eigenvalue weighted by Gasteiger charge is 2.29. The molecule has 0 fully saturated rings. The maximum Gasteiger partial charge on any atom is 0.416 e. The van der Waals surface area contributed by atoms with E-state index < -0.39 is 17.8 Å². The smallest absolute Gasteiger partial charge is 0.416 e. The van der Waals surface area contributed by atoms with E-state index in [-0.39, 0.29) is 6.61 Å². The van der Waals surface area contributed by atoms with E-state index in [4.69, 9.17) is 4.74 Å². The zero-order valence-corrected chi connectivity index (χ0v) is 11.4. The van der Waals surface area contributed by atoms with Gasteiger partial charge in [-0.2, -0.15) is 13.2 Å². The van der Waals surface area contributed by atoms with Gasteiger partial charge in [-0.25, -0.2) is 0 Å². The fourth-order valence-corrected chi connectivity index (χ4v) is 1.80. The number of hydrogen-bond donors (Lipinski definition) is 1. The predicted molar refractivity (Wildman–Crippen MR) is 72.9 cm³/mol. The molecule has 0 aliphatic heterocycles. The fourth-order valence-electron chi connectivity index (χ4n) is 1.80. The van der Waals surface area contributed by atoms with Gasteiger partial charge >= 0.3 is 6.18 Å². The van der Waals surface area contributed by atoms with Gasteiger partial charge in [0.1, 0.15) is 12.4 Å². The Morgan fingerprint density at radius 2 is 1.57 bits per heavy atom. The third-order valence-electron chi connectivity index (χ3n) is 3.05. The van der Waals surface area contributed by atoms with Gasteiger partial charge in [0.2, 0.25) is 0 Å². The normalized spacial score (nSPS) is 13.0. The molecule has 0 saturated carbocycles. The molecule has 0 unspecified atom stereocenters. The summed E-state index contributed by atoms with van der Waals surface area (Å²) < 4.78 is 42.8. The standard InChI is InChI=1S/C16H15F3O2/c1-11(20)13-4-8-15(9-5-13)21-10-12-2-6-14(7-3-12)16(17,18)19/h2-9,11,20H,10H2,1H3/t11-/m1/s1. The molecule has 0 aromatic heterocycles. The second kappa shape index (κ2) is 6.18. The highest BCUT2D eigenvalue weighted by Crippen LogP contribution is 2.29. The highest BCUT2D eigenvalue weighted by molar-refractivity contribution is 5.29. The van der Waals surface area contributed by atoms with Crippen molar-refractivity contribution < 1.29 is 23.0 Å². The average molecular weight is 296 g/mol. The van der Waals surface area contributed by atoms with Crippen molar-refractivity contribution in [3.05, 3.63) is 65.2 Å². The molecular weight excluding hydrogens is 281 g/mol. The van der Waals surface area contributed by atoms with E-state index in [9.17, 15) is 18.3 Å². The van der Waals surface area contributed by atoms with E-state index >= 15 is 0 Å². The van der Waals surface area contributed by atoms with Crippen LogP contribution in [0.3, 0.4) is 0 Å². The summed E-state index contributed by atoms with van der Waals surface area (Å²) >= 11 is 0. The summed E-state index contributed by atoms with van der Waals surface area (Å²) in [6.07, 6.45) is -4.87. The van der Waals surface area contributed by atoms with Gasteiger partial charge in [0.25, 0.3) is 0 Å². The topological polar surface area (TPSA) is 29.5 Å². The Morgan fingerprint density at radius 1 is 1.00 bits per heavy atom. The molecule has 5 heteroatoms. The highest BCUT2D eigenvalue weighted by atomic mass is 19.4. The van der Waals surface area contributed by atoms with Crippen LogP contribution in [0.4, 0.5) is 13.2 Å². The van der Waals surface area contributed by atoms with E-state index in [1.54, 1.807) is 31.2 Å². The SMILES string of the molecule is C[C@@H](O)c1ccc(OCc2ccc(C(F)(F)F)cc2)cc1. The number of halogens is 3. The van der Waals surface area contributed by atoms with Crippen LogP contribution in [0.15, 0.2) is 48.5 Å². The molecule has 112 valence electrons. The van der Waals surface area contributed by atoms with Gasteiger partial charge in [-0.05, 0) is 42.3 Å². The molecule has 2 rings (SSSR count). The first-order valence-electron chi connectivity index (χ1n) is 6.43. The number of aliphatic hydroxyl groups excluding tert-OH is 1. The van der Waals surface area contributed by atoms with Crippen molar-refractivity contribution in [3.63, 3.8) is 0 Å². The monoisotopic (exact) mass is 296 g/mol. The molecule has 2 nitrogen and oxygen atoms in total. The Morgan fingerprint density at radius 3 is 2.05 bits per heavy atom. The van der Waals surface area contributed by atoms with Crippen LogP contribution in [0.25, 0.3) is 0 Å². The van der Waals surface area contributed by atoms with Gasteiger partial charge in [-0.3, -0.25) is 0 Å². The van der Waals surface area contributed by atoms with Crippen LogP contribution in [0.2, 0.25) is 0 Å². The fraction of sp³-hybridized carbons (Fsp3) is 0.250. The first kappa shape index (κ1) is 15.4. The first-order valence-corrected chi connectivity index (χ1v) is 6.43. The zero-order valence-electron chi connectivity index (χ0n) is 11.4. The molecule has 0 bridgehead atoms. The Kier molecular flexibility index (Phi) is 4.53. The van der Waals surface area contributed by atoms with Crippen LogP contribution >= 0.6 is 0 Å². The summed E-state index contributed by atoms with van der Waals surface area (Å²) in [4.78, 5) is 0. The van der Waals surface area contributed by atoms with Crippen molar-refractivity contribution in [2.75, 3.05) is 0 Å². The maximum absolute atomic E-state index is 12.4. The maximum atomic E-state index is 12.4. The molecule has 21 heavy (non-hydrogen) atoms. The first-order chi connectivity index (χ1) is 9.86. The van der Waals surface area contributed by atoms with E-state index in [0.29, 0.717) is 11.3 Å². The van der Waals surface area contributed by atoms with Crippen LogP contribution in [0.1, 0.15) is 29.7 Å². The van der Waals surface area contributed by atoms with Crippen LogP contribution in [-0.4, -0.2) is 5.11 Å². The summed E-state index contributed by atoms with van der Waals surface area (Å²) in [5.41, 5.74) is 0.756. The number of ether oxygens (including phenoxy) is 1. The molecule has 2 aromatic carbocycles. The zero-order chi connectivity index (χ0) is 15.5. The van der Waals surface area contributed by atoms with Crippen molar-refractivity contribution in [3.8, 4) is 5.75 Å². The molecule has 0 heterocycles. The Hall–Kier alpha value is -2.01. The minimum atomic E-state index is -4.32. The van der Waals surface area contributed by atoms with Gasteiger partial charge in [-0.1, -0.05) is 24.3 Å². The number of rotatable bonds is 4. The van der Waals surface area contributed by atoms with Crippen LogP contribution in [0, 0.1) is 0 Å². The van der Waals surface area contributed by atoms with E-state index in [1.807, 2.05) is 0 Å². The largest absolute Gasteiger partial charge is 0.489 e. The lowest BCUT2D eigenvalue weighted by atomic mass is 10.1. The molecule has 0 saturated heterocycles. The van der Waals surface area contributed by atoms with Crippen molar-refractivity contribution in [2.45, 2.75) is 25.8 Å². The van der Waals surface area contributed by atoms with Crippen molar-refractivity contribution in [2.24, 2.45) is 0 Å². The molecule has 1 atom stereocenters. The second-order valence-corrected chi connectivity index (χ2v) is 4.73. The number of aliphatic hydroxyl groups is 1. The molecule has 0 spiro atoms. The predicted octanol–water partition coefficient (Wildman–Crippen LogP) is 4.34. The van der Waals surface area contributed by atoms with Crippen LogP contribution < -0.4 is 4.74 Å². The van der Waals surface area contributed by atoms with E-state index in [0.717, 1.165) is 17.7 Å². The lowest BCUT2D eigenvalue weighted by Gasteiger charge is -2.10. The van der Waals surface area contributed by atoms with Crippen molar-refractivity contribution in [1.82, 2.24) is 0 Å². The number of alkyl halides is 3. The van der Waals surface area contributed by atoms with Gasteiger partial charge < -0.3 is 9.84 Å². The summed E-state index contributed by atoms with van der Waals surface area (Å²) in [5.74, 6) is 0.597. The summed E-state index contributed by atoms with van der Waals surface area (Å²) in [7, 11) is 0. The molecular formula is C16H15F3O2. The molecule has 0 aliphatic rings. The van der Waals surface area contributed by atoms with Gasteiger partial charge in [0.05, 0.1) is 11.7 Å².